The summed E-state index contributed by atoms with van der Waals surface area (Å²) in [6, 6.07) is 18.5. The molecule has 10 nitrogen and oxygen atoms in total. The molecule has 0 spiro atoms. The van der Waals surface area contributed by atoms with Gasteiger partial charge in [-0.25, -0.2) is 8.42 Å². The SMILES string of the molecule is COc1cc2c(c(OC)c1OC)-c1ccc(OC)c(=[OH+])cc1[C@@H](NC(C)=O)CC2.O=S(=O)([O-])c1ccc2ccccc2c1. The Morgan fingerprint density at radius 1 is 0.860 bits per heavy atom. The van der Waals surface area contributed by atoms with Crippen LogP contribution in [0, 0.1) is 0 Å². The number of fused-ring (bicyclic) bond motifs is 4. The Morgan fingerprint density at radius 3 is 2.14 bits per heavy atom. The predicted molar refractivity (Wildman–Crippen MR) is 160 cm³/mol. The van der Waals surface area contributed by atoms with E-state index in [9.17, 15) is 22.6 Å². The molecule has 0 unspecified atom stereocenters. The first kappa shape index (κ1) is 31.3. The summed E-state index contributed by atoms with van der Waals surface area (Å²) in [5.41, 5.74) is 3.41. The lowest BCUT2D eigenvalue weighted by molar-refractivity contribution is -0.119. The Hall–Kier alpha value is -4.61. The van der Waals surface area contributed by atoms with Crippen molar-refractivity contribution in [1.82, 2.24) is 5.32 Å². The third kappa shape index (κ3) is 6.73. The fourth-order valence-corrected chi connectivity index (χ4v) is 5.70. The number of ether oxygens (including phenoxy) is 4. The summed E-state index contributed by atoms with van der Waals surface area (Å²) in [6.07, 6.45) is 1.32. The molecule has 1 aliphatic rings. The van der Waals surface area contributed by atoms with E-state index in [4.69, 9.17) is 18.9 Å². The molecular formula is C32H33NO9S. The second-order valence-corrected chi connectivity index (χ2v) is 11.1. The summed E-state index contributed by atoms with van der Waals surface area (Å²) in [6.45, 7) is 1.48. The Morgan fingerprint density at radius 2 is 1.53 bits per heavy atom. The molecule has 0 bridgehead atoms. The van der Waals surface area contributed by atoms with Crippen molar-refractivity contribution in [2.24, 2.45) is 0 Å². The van der Waals surface area contributed by atoms with Gasteiger partial charge in [0.2, 0.25) is 17.4 Å². The van der Waals surface area contributed by atoms with Gasteiger partial charge in [0.1, 0.15) is 10.1 Å². The van der Waals surface area contributed by atoms with Gasteiger partial charge in [0.25, 0.3) is 0 Å². The summed E-state index contributed by atoms with van der Waals surface area (Å²) in [5, 5.41) is 4.66. The van der Waals surface area contributed by atoms with Crippen LogP contribution in [0.5, 0.6) is 23.0 Å². The molecule has 2 N–H and O–H groups in total. The molecule has 0 heterocycles. The van der Waals surface area contributed by atoms with Crippen molar-refractivity contribution in [1.29, 1.82) is 0 Å². The van der Waals surface area contributed by atoms with Gasteiger partial charge in [0.15, 0.2) is 11.5 Å². The minimum Gasteiger partial charge on any atom is -0.744 e. The van der Waals surface area contributed by atoms with E-state index < -0.39 is 10.1 Å². The summed E-state index contributed by atoms with van der Waals surface area (Å²) in [7, 11) is 1.87. The summed E-state index contributed by atoms with van der Waals surface area (Å²) in [4.78, 5) is 22.2. The minimum absolute atomic E-state index is 0.00741. The molecule has 1 atom stereocenters. The Balaban J connectivity index is 0.000000251. The van der Waals surface area contributed by atoms with Gasteiger partial charge in [-0.15, -0.1) is 0 Å². The highest BCUT2D eigenvalue weighted by Gasteiger charge is 2.30. The molecule has 0 saturated heterocycles. The third-order valence-corrected chi connectivity index (χ3v) is 7.95. The van der Waals surface area contributed by atoms with Gasteiger partial charge in [-0.05, 0) is 70.6 Å². The van der Waals surface area contributed by atoms with Crippen LogP contribution in [-0.2, 0) is 21.3 Å². The largest absolute Gasteiger partial charge is 0.744 e. The molecule has 0 saturated carbocycles. The average molecular weight is 608 g/mol. The third-order valence-electron chi connectivity index (χ3n) is 7.12. The van der Waals surface area contributed by atoms with Gasteiger partial charge in [0, 0.05) is 12.5 Å². The van der Waals surface area contributed by atoms with Crippen LogP contribution in [0.25, 0.3) is 21.9 Å². The standard InChI is InChI=1S/C22H25NO6.C10H8O3S/c1-12(24)23-16-8-6-13-10-19(27-3)21(28-4)22(29-5)20(13)14-7-9-18(26-2)17(25)11-15(14)16;11-14(12,13)10-6-5-8-3-1-2-4-9(8)7-10/h7,9-11,16H,6,8H2,1-5H3,(H,23,24);1-7H,(H,11,12,13)/t16-;/m0./s1. The second-order valence-electron chi connectivity index (χ2n) is 9.73. The zero-order valence-electron chi connectivity index (χ0n) is 24.5. The number of nitrogens with one attached hydrogen (secondary N) is 1. The van der Waals surface area contributed by atoms with Crippen LogP contribution in [-0.4, -0.2) is 52.1 Å². The van der Waals surface area contributed by atoms with E-state index in [2.05, 4.69) is 5.32 Å². The van der Waals surface area contributed by atoms with Crippen molar-refractivity contribution in [3.05, 3.63) is 83.3 Å². The Bertz CT molecular complexity index is 1840. The van der Waals surface area contributed by atoms with E-state index in [1.165, 1.54) is 26.2 Å². The van der Waals surface area contributed by atoms with Crippen molar-refractivity contribution in [3.63, 3.8) is 0 Å². The van der Waals surface area contributed by atoms with E-state index in [1.807, 2.05) is 24.3 Å². The lowest BCUT2D eigenvalue weighted by Crippen LogP contribution is -2.26. The molecule has 0 aromatic heterocycles. The fourth-order valence-electron chi connectivity index (χ4n) is 5.20. The number of methoxy groups -OCH3 is 4. The van der Waals surface area contributed by atoms with Crippen molar-refractivity contribution >= 4 is 26.8 Å². The van der Waals surface area contributed by atoms with Crippen LogP contribution < -0.4 is 29.7 Å². The molecule has 11 heteroatoms. The Labute approximate surface area is 249 Å². The van der Waals surface area contributed by atoms with Crippen LogP contribution in [0.15, 0.2) is 71.6 Å². The van der Waals surface area contributed by atoms with Crippen LogP contribution in [0.1, 0.15) is 30.5 Å². The van der Waals surface area contributed by atoms with E-state index in [0.717, 1.165) is 33.0 Å². The number of rotatable bonds is 6. The number of hydrogen-bond acceptors (Lipinski definition) is 8. The van der Waals surface area contributed by atoms with Gasteiger partial charge >= 0.3 is 5.43 Å². The molecule has 4 aromatic rings. The van der Waals surface area contributed by atoms with E-state index >= 15 is 0 Å². The highest BCUT2D eigenvalue weighted by Crippen LogP contribution is 2.50. The van der Waals surface area contributed by atoms with Gasteiger partial charge in [0.05, 0.1) is 45.4 Å². The molecule has 4 aromatic carbocycles. The van der Waals surface area contributed by atoms with E-state index in [1.54, 1.807) is 51.7 Å². The van der Waals surface area contributed by atoms with Crippen molar-refractivity contribution in [2.45, 2.75) is 30.7 Å². The first-order chi connectivity index (χ1) is 20.5. The first-order valence-electron chi connectivity index (χ1n) is 13.3. The van der Waals surface area contributed by atoms with Gasteiger partial charge in [-0.1, -0.05) is 30.3 Å². The number of aryl methyl sites for hydroxylation is 1. The molecule has 5 rings (SSSR count). The number of carbonyl (C=O) groups excluding carboxylic acids is 1. The molecule has 0 radical (unpaired) electrons. The molecule has 1 aliphatic carbocycles. The van der Waals surface area contributed by atoms with Gasteiger partial charge < -0.3 is 28.8 Å². The summed E-state index contributed by atoms with van der Waals surface area (Å²) in [5.74, 6) is 1.78. The molecule has 0 aliphatic heterocycles. The summed E-state index contributed by atoms with van der Waals surface area (Å²) < 4.78 is 54.3. The lowest BCUT2D eigenvalue weighted by atomic mass is 9.95. The Kier molecular flexibility index (Phi) is 9.57. The monoisotopic (exact) mass is 607 g/mol. The highest BCUT2D eigenvalue weighted by molar-refractivity contribution is 7.85. The molecule has 226 valence electrons. The summed E-state index contributed by atoms with van der Waals surface area (Å²) >= 11 is 0. The van der Waals surface area contributed by atoms with Crippen LogP contribution in [0.3, 0.4) is 0 Å². The fraction of sp³-hybridized carbons (Fsp3) is 0.250. The number of hydrogen-bond donors (Lipinski definition) is 1. The molecule has 43 heavy (non-hydrogen) atoms. The number of amides is 1. The van der Waals surface area contributed by atoms with Crippen molar-refractivity contribution in [3.8, 4) is 34.1 Å². The van der Waals surface area contributed by atoms with Crippen molar-refractivity contribution in [2.75, 3.05) is 28.4 Å². The second kappa shape index (κ2) is 13.1. The van der Waals surface area contributed by atoms with Crippen LogP contribution in [0.4, 0.5) is 0 Å². The number of carbonyl (C=O) groups is 1. The average Bonchev–Trinajstić information content (AvgIpc) is 3.23. The van der Waals surface area contributed by atoms with E-state index in [0.29, 0.717) is 35.8 Å². The maximum Gasteiger partial charge on any atom is 0.381 e. The highest BCUT2D eigenvalue weighted by atomic mass is 32.2. The quantitative estimate of drug-likeness (QED) is 0.253. The first-order valence-corrected chi connectivity index (χ1v) is 14.7. The van der Waals surface area contributed by atoms with Gasteiger partial charge in [-0.3, -0.25) is 9.59 Å². The van der Waals surface area contributed by atoms with Crippen molar-refractivity contribution < 1.29 is 41.5 Å². The van der Waals surface area contributed by atoms with E-state index in [-0.39, 0.29) is 22.3 Å². The predicted octanol–water partition coefficient (Wildman–Crippen LogP) is 4.26. The molecule has 0 fully saturated rings. The molecular weight excluding hydrogens is 574 g/mol. The van der Waals surface area contributed by atoms with Crippen LogP contribution >= 0.6 is 0 Å². The zero-order chi connectivity index (χ0) is 31.3. The normalized spacial score (nSPS) is 13.8. The lowest BCUT2D eigenvalue weighted by Gasteiger charge is -2.19. The molecule has 1 amide bonds. The maximum absolute atomic E-state index is 11.9. The van der Waals surface area contributed by atoms with Gasteiger partial charge in [-0.2, -0.15) is 0 Å². The maximum atomic E-state index is 11.9. The van der Waals surface area contributed by atoms with Crippen LogP contribution in [0.2, 0.25) is 0 Å². The smallest absolute Gasteiger partial charge is 0.381 e. The minimum atomic E-state index is -4.34. The topological polar surface area (TPSA) is 145 Å². The number of benzene rings is 3. The zero-order valence-corrected chi connectivity index (χ0v) is 25.3.